The van der Waals surface area contributed by atoms with Crippen LogP contribution < -0.4 is 10.6 Å². The van der Waals surface area contributed by atoms with Crippen molar-refractivity contribution < 1.29 is 9.59 Å². The fourth-order valence-electron chi connectivity index (χ4n) is 3.39. The van der Waals surface area contributed by atoms with Crippen molar-refractivity contribution in [3.05, 3.63) is 12.4 Å². The Kier molecular flexibility index (Phi) is 4.15. The van der Waals surface area contributed by atoms with Crippen LogP contribution in [0.2, 0.25) is 0 Å². The minimum Gasteiger partial charge on any atom is -0.331 e. The molecule has 1 aliphatic heterocycles. The van der Waals surface area contributed by atoms with Gasteiger partial charge in [-0.3, -0.25) is 14.3 Å². The number of carbonyl (C=O) groups is 2. The number of hydrogen-bond donors (Lipinski definition) is 1. The molecule has 3 rings (SSSR count). The zero-order valence-corrected chi connectivity index (χ0v) is 12.9. The second kappa shape index (κ2) is 6.08. The minimum atomic E-state index is -0.0484. The van der Waals surface area contributed by atoms with Gasteiger partial charge in [0.2, 0.25) is 11.8 Å². The summed E-state index contributed by atoms with van der Waals surface area (Å²) in [6, 6.07) is 0.120. The standard InChI is InChI=1S/C15H23N5O2/c1-18-9-13(8-17-18)20-6-5-19(10-14(20)21)15(22)11-3-2-4-12(16)7-11/h8-9,11-12H,2-7,10,16H2,1H3. The molecule has 2 fully saturated rings. The lowest BCUT2D eigenvalue weighted by molar-refractivity contribution is -0.141. The monoisotopic (exact) mass is 305 g/mol. The maximum absolute atomic E-state index is 12.6. The molecular formula is C15H23N5O2. The maximum Gasteiger partial charge on any atom is 0.246 e. The van der Waals surface area contributed by atoms with Crippen molar-refractivity contribution in [3.8, 4) is 0 Å². The molecule has 2 amide bonds. The first-order chi connectivity index (χ1) is 10.5. The van der Waals surface area contributed by atoms with Crippen LogP contribution in [-0.2, 0) is 16.6 Å². The van der Waals surface area contributed by atoms with Crippen LogP contribution in [0.5, 0.6) is 0 Å². The van der Waals surface area contributed by atoms with Crippen LogP contribution in [0, 0.1) is 5.92 Å². The Morgan fingerprint density at radius 3 is 2.82 bits per heavy atom. The number of hydrogen-bond acceptors (Lipinski definition) is 4. The first-order valence-corrected chi connectivity index (χ1v) is 7.88. The number of nitrogens with zero attached hydrogens (tertiary/aromatic N) is 4. The molecule has 2 unspecified atom stereocenters. The second-order valence-corrected chi connectivity index (χ2v) is 6.30. The number of anilines is 1. The number of nitrogens with two attached hydrogens (primary N) is 1. The summed E-state index contributed by atoms with van der Waals surface area (Å²) < 4.78 is 1.67. The lowest BCUT2D eigenvalue weighted by Crippen LogP contribution is -2.54. The first kappa shape index (κ1) is 15.0. The van der Waals surface area contributed by atoms with Crippen LogP contribution in [-0.4, -0.2) is 52.2 Å². The Hall–Kier alpha value is -1.89. The van der Waals surface area contributed by atoms with Crippen LogP contribution in [0.4, 0.5) is 5.69 Å². The highest BCUT2D eigenvalue weighted by atomic mass is 16.2. The number of aromatic nitrogens is 2. The van der Waals surface area contributed by atoms with Crippen molar-refractivity contribution in [1.82, 2.24) is 14.7 Å². The molecule has 1 aromatic heterocycles. The van der Waals surface area contributed by atoms with Gasteiger partial charge < -0.3 is 15.5 Å². The highest BCUT2D eigenvalue weighted by molar-refractivity contribution is 5.98. The largest absolute Gasteiger partial charge is 0.331 e. The molecule has 1 aromatic rings. The van der Waals surface area contributed by atoms with Crippen molar-refractivity contribution in [2.75, 3.05) is 24.5 Å². The molecule has 0 radical (unpaired) electrons. The lowest BCUT2D eigenvalue weighted by atomic mass is 9.85. The quantitative estimate of drug-likeness (QED) is 0.840. The van der Waals surface area contributed by atoms with Crippen molar-refractivity contribution in [2.24, 2.45) is 18.7 Å². The zero-order chi connectivity index (χ0) is 15.7. The topological polar surface area (TPSA) is 84.5 Å². The molecule has 7 nitrogen and oxygen atoms in total. The van der Waals surface area contributed by atoms with E-state index < -0.39 is 0 Å². The van der Waals surface area contributed by atoms with Gasteiger partial charge in [0.15, 0.2) is 0 Å². The molecule has 0 aromatic carbocycles. The van der Waals surface area contributed by atoms with Gasteiger partial charge in [0, 0.05) is 38.3 Å². The Balaban J connectivity index is 1.62. The van der Waals surface area contributed by atoms with Gasteiger partial charge in [-0.05, 0) is 19.3 Å². The molecule has 7 heteroatoms. The third kappa shape index (κ3) is 2.99. The van der Waals surface area contributed by atoms with Crippen molar-refractivity contribution in [3.63, 3.8) is 0 Å². The minimum absolute atomic E-state index is 0.0125. The van der Waals surface area contributed by atoms with Crippen LogP contribution in [0.25, 0.3) is 0 Å². The molecule has 0 spiro atoms. The summed E-state index contributed by atoms with van der Waals surface area (Å²) in [4.78, 5) is 28.3. The Morgan fingerprint density at radius 2 is 2.18 bits per heavy atom. The summed E-state index contributed by atoms with van der Waals surface area (Å²) in [5.74, 6) is 0.0311. The maximum atomic E-state index is 12.6. The molecule has 22 heavy (non-hydrogen) atoms. The molecule has 2 atom stereocenters. The summed E-state index contributed by atoms with van der Waals surface area (Å²) in [6.45, 7) is 1.25. The summed E-state index contributed by atoms with van der Waals surface area (Å²) >= 11 is 0. The molecule has 2 aliphatic rings. The lowest BCUT2D eigenvalue weighted by Gasteiger charge is -2.36. The molecule has 120 valence electrons. The summed E-state index contributed by atoms with van der Waals surface area (Å²) in [6.07, 6.45) is 7.13. The van der Waals surface area contributed by atoms with Gasteiger partial charge >= 0.3 is 0 Å². The van der Waals surface area contributed by atoms with Gasteiger partial charge in [-0.25, -0.2) is 0 Å². The smallest absolute Gasteiger partial charge is 0.246 e. The van der Waals surface area contributed by atoms with Gasteiger partial charge in [0.05, 0.1) is 11.9 Å². The van der Waals surface area contributed by atoms with Crippen LogP contribution in [0.1, 0.15) is 25.7 Å². The predicted molar refractivity (Wildman–Crippen MR) is 82.1 cm³/mol. The number of rotatable bonds is 2. The SMILES string of the molecule is Cn1cc(N2CCN(C(=O)C3CCCC(N)C3)CC2=O)cn1. The van der Waals surface area contributed by atoms with E-state index in [2.05, 4.69) is 5.10 Å². The molecule has 0 bridgehead atoms. The number of aryl methyl sites for hydroxylation is 1. The van der Waals surface area contributed by atoms with E-state index in [-0.39, 0.29) is 30.3 Å². The summed E-state index contributed by atoms with van der Waals surface area (Å²) in [5, 5.41) is 4.09. The van der Waals surface area contributed by atoms with E-state index in [1.165, 1.54) is 0 Å². The van der Waals surface area contributed by atoms with Crippen LogP contribution in [0.3, 0.4) is 0 Å². The van der Waals surface area contributed by atoms with E-state index in [1.54, 1.807) is 20.7 Å². The Bertz CT molecular complexity index is 570. The van der Waals surface area contributed by atoms with Gasteiger partial charge in [0.1, 0.15) is 6.54 Å². The Labute approximate surface area is 130 Å². The van der Waals surface area contributed by atoms with E-state index in [4.69, 9.17) is 5.73 Å². The van der Waals surface area contributed by atoms with Gasteiger partial charge in [0.25, 0.3) is 0 Å². The van der Waals surface area contributed by atoms with Crippen molar-refractivity contribution in [2.45, 2.75) is 31.7 Å². The Morgan fingerprint density at radius 1 is 1.36 bits per heavy atom. The van der Waals surface area contributed by atoms with E-state index >= 15 is 0 Å². The van der Waals surface area contributed by atoms with Gasteiger partial charge in [-0.2, -0.15) is 5.10 Å². The highest BCUT2D eigenvalue weighted by Gasteiger charge is 2.33. The predicted octanol–water partition coefficient (Wildman–Crippen LogP) is 0.113. The molecular weight excluding hydrogens is 282 g/mol. The van der Waals surface area contributed by atoms with Gasteiger partial charge in [-0.1, -0.05) is 6.42 Å². The third-order valence-corrected chi connectivity index (χ3v) is 4.60. The normalized spacial score (nSPS) is 26.4. The fraction of sp³-hybridized carbons (Fsp3) is 0.667. The number of piperazine rings is 1. The van der Waals surface area contributed by atoms with E-state index in [0.29, 0.717) is 13.1 Å². The molecule has 1 aliphatic carbocycles. The van der Waals surface area contributed by atoms with Gasteiger partial charge in [-0.15, -0.1) is 0 Å². The molecule has 2 N–H and O–H groups in total. The van der Waals surface area contributed by atoms with Crippen molar-refractivity contribution in [1.29, 1.82) is 0 Å². The van der Waals surface area contributed by atoms with E-state index in [9.17, 15) is 9.59 Å². The first-order valence-electron chi connectivity index (χ1n) is 7.88. The highest BCUT2D eigenvalue weighted by Crippen LogP contribution is 2.26. The molecule has 2 heterocycles. The van der Waals surface area contributed by atoms with Crippen molar-refractivity contribution >= 4 is 17.5 Å². The molecule has 1 saturated carbocycles. The average molecular weight is 305 g/mol. The van der Waals surface area contributed by atoms with Crippen LogP contribution >= 0.6 is 0 Å². The summed E-state index contributed by atoms with van der Waals surface area (Å²) in [5.41, 5.74) is 6.76. The fourth-order valence-corrected chi connectivity index (χ4v) is 3.39. The second-order valence-electron chi connectivity index (χ2n) is 6.30. The van der Waals surface area contributed by atoms with Crippen LogP contribution in [0.15, 0.2) is 12.4 Å². The van der Waals surface area contributed by atoms with E-state index in [0.717, 1.165) is 31.4 Å². The zero-order valence-electron chi connectivity index (χ0n) is 12.9. The third-order valence-electron chi connectivity index (χ3n) is 4.60. The number of amides is 2. The average Bonchev–Trinajstić information content (AvgIpc) is 2.92. The molecule has 1 saturated heterocycles. The van der Waals surface area contributed by atoms with E-state index in [1.807, 2.05) is 13.2 Å². The number of carbonyl (C=O) groups excluding carboxylic acids is 2. The summed E-state index contributed by atoms with van der Waals surface area (Å²) in [7, 11) is 1.82.